The summed E-state index contributed by atoms with van der Waals surface area (Å²) in [4.78, 5) is 12.9. The summed E-state index contributed by atoms with van der Waals surface area (Å²) in [6, 6.07) is 20.2. The minimum atomic E-state index is -3.81. The first-order chi connectivity index (χ1) is 14.3. The Hall–Kier alpha value is -2.67. The molecule has 0 bridgehead atoms. The highest BCUT2D eigenvalue weighted by Gasteiger charge is 2.24. The smallest absolute Gasteiger partial charge is 0.241 e. The van der Waals surface area contributed by atoms with Crippen LogP contribution in [0.15, 0.2) is 77.7 Å². The van der Waals surface area contributed by atoms with Gasteiger partial charge in [-0.2, -0.15) is 0 Å². The summed E-state index contributed by atoms with van der Waals surface area (Å²) in [5.41, 5.74) is 2.99. The summed E-state index contributed by atoms with van der Waals surface area (Å²) in [5.74, 6) is -0.344. The maximum Gasteiger partial charge on any atom is 0.241 e. The molecule has 0 aliphatic carbocycles. The van der Waals surface area contributed by atoms with Crippen LogP contribution in [0.3, 0.4) is 0 Å². The third-order valence-corrected chi connectivity index (χ3v) is 6.68. The van der Waals surface area contributed by atoms with Crippen LogP contribution >= 0.6 is 11.6 Å². The van der Waals surface area contributed by atoms with Crippen LogP contribution in [0.4, 0.5) is 5.69 Å². The number of sulfonamides is 1. The molecule has 7 heteroatoms. The number of halogens is 1. The van der Waals surface area contributed by atoms with Gasteiger partial charge in [0.1, 0.15) is 0 Å². The van der Waals surface area contributed by atoms with E-state index in [-0.39, 0.29) is 17.2 Å². The molecule has 0 aliphatic rings. The van der Waals surface area contributed by atoms with Gasteiger partial charge in [0.15, 0.2) is 0 Å². The number of nitrogens with one attached hydrogen (secondary N) is 2. The molecule has 0 saturated carbocycles. The molecule has 0 aliphatic heterocycles. The normalized spacial score (nSPS) is 12.4. The Labute approximate surface area is 182 Å². The summed E-state index contributed by atoms with van der Waals surface area (Å²) >= 11 is 6.26. The van der Waals surface area contributed by atoms with E-state index in [0.29, 0.717) is 16.3 Å². The molecule has 1 atom stereocenters. The molecule has 0 unspecified atom stereocenters. The van der Waals surface area contributed by atoms with Gasteiger partial charge < -0.3 is 5.32 Å². The Morgan fingerprint density at radius 2 is 1.60 bits per heavy atom. The lowest BCUT2D eigenvalue weighted by Gasteiger charge is -2.19. The fourth-order valence-corrected chi connectivity index (χ4v) is 4.41. The van der Waals surface area contributed by atoms with Crippen LogP contribution in [0.2, 0.25) is 5.02 Å². The number of benzene rings is 3. The van der Waals surface area contributed by atoms with E-state index in [4.69, 9.17) is 11.6 Å². The van der Waals surface area contributed by atoms with Gasteiger partial charge in [-0.1, -0.05) is 71.8 Å². The highest BCUT2D eigenvalue weighted by molar-refractivity contribution is 7.89. The van der Waals surface area contributed by atoms with Crippen molar-refractivity contribution in [3.05, 3.63) is 94.5 Å². The molecule has 0 heterocycles. The lowest BCUT2D eigenvalue weighted by atomic mass is 10.0. The van der Waals surface area contributed by atoms with Crippen molar-refractivity contribution in [1.82, 2.24) is 4.72 Å². The van der Waals surface area contributed by atoms with Gasteiger partial charge in [0.05, 0.1) is 21.6 Å². The van der Waals surface area contributed by atoms with Gasteiger partial charge in [0.2, 0.25) is 15.9 Å². The van der Waals surface area contributed by atoms with Crippen LogP contribution in [-0.4, -0.2) is 14.3 Å². The predicted octanol–water partition coefficient (Wildman–Crippen LogP) is 5.01. The van der Waals surface area contributed by atoms with Gasteiger partial charge in [-0.05, 0) is 43.2 Å². The average Bonchev–Trinajstić information content (AvgIpc) is 2.72. The third-order valence-electron chi connectivity index (χ3n) is 4.69. The van der Waals surface area contributed by atoms with Crippen molar-refractivity contribution in [1.29, 1.82) is 0 Å². The molecule has 0 spiro atoms. The largest absolute Gasteiger partial charge is 0.325 e. The molecule has 3 aromatic carbocycles. The van der Waals surface area contributed by atoms with E-state index in [1.807, 2.05) is 26.0 Å². The first kappa shape index (κ1) is 22.0. The zero-order valence-electron chi connectivity index (χ0n) is 16.7. The first-order valence-corrected chi connectivity index (χ1v) is 11.3. The standard InChI is InChI=1S/C23H23ClN2O3S/c1-16-11-13-19(14-12-16)30(28,29)26-21(18-8-4-3-5-9-18)15-22(27)25-20-10-6-7-17(2)23(20)24/h3-14,21,26H,15H2,1-2H3,(H,25,27)/t21-/m0/s1. The van der Waals surface area contributed by atoms with E-state index < -0.39 is 16.1 Å². The number of anilines is 1. The van der Waals surface area contributed by atoms with Gasteiger partial charge in [-0.15, -0.1) is 0 Å². The zero-order valence-corrected chi connectivity index (χ0v) is 18.3. The van der Waals surface area contributed by atoms with Crippen LogP contribution in [-0.2, 0) is 14.8 Å². The second-order valence-corrected chi connectivity index (χ2v) is 9.18. The summed E-state index contributed by atoms with van der Waals surface area (Å²) in [5, 5.41) is 3.24. The number of aryl methyl sites for hydroxylation is 2. The number of amides is 1. The molecule has 2 N–H and O–H groups in total. The fourth-order valence-electron chi connectivity index (χ4n) is 3.02. The van der Waals surface area contributed by atoms with Crippen LogP contribution in [0.1, 0.15) is 29.2 Å². The van der Waals surface area contributed by atoms with Crippen LogP contribution < -0.4 is 10.0 Å². The quantitative estimate of drug-likeness (QED) is 0.540. The number of carbonyl (C=O) groups excluding carboxylic acids is 1. The number of hydrogen-bond acceptors (Lipinski definition) is 3. The maximum absolute atomic E-state index is 12.9. The highest BCUT2D eigenvalue weighted by atomic mass is 35.5. The summed E-state index contributed by atoms with van der Waals surface area (Å²) in [7, 11) is -3.81. The minimum absolute atomic E-state index is 0.0840. The Bertz CT molecular complexity index is 1130. The van der Waals surface area contributed by atoms with Crippen molar-refractivity contribution in [2.24, 2.45) is 0 Å². The summed E-state index contributed by atoms with van der Waals surface area (Å²) in [6.45, 7) is 3.73. The van der Waals surface area contributed by atoms with Gasteiger partial charge in [-0.3, -0.25) is 4.79 Å². The molecule has 0 fully saturated rings. The van der Waals surface area contributed by atoms with E-state index in [1.165, 1.54) is 0 Å². The average molecular weight is 443 g/mol. The Balaban J connectivity index is 1.83. The van der Waals surface area contributed by atoms with Gasteiger partial charge >= 0.3 is 0 Å². The second kappa shape index (κ2) is 9.43. The topological polar surface area (TPSA) is 75.3 Å². The molecule has 5 nitrogen and oxygen atoms in total. The van der Waals surface area contributed by atoms with Crippen LogP contribution in [0, 0.1) is 13.8 Å². The molecule has 3 rings (SSSR count). The van der Waals surface area contributed by atoms with Crippen molar-refractivity contribution in [2.45, 2.75) is 31.2 Å². The first-order valence-electron chi connectivity index (χ1n) is 9.45. The second-order valence-electron chi connectivity index (χ2n) is 7.09. The minimum Gasteiger partial charge on any atom is -0.325 e. The van der Waals surface area contributed by atoms with Crippen LogP contribution in [0.5, 0.6) is 0 Å². The Kier molecular flexibility index (Phi) is 6.92. The molecular formula is C23H23ClN2O3S. The van der Waals surface area contributed by atoms with Crippen molar-refractivity contribution in [2.75, 3.05) is 5.32 Å². The molecule has 156 valence electrons. The predicted molar refractivity (Wildman–Crippen MR) is 120 cm³/mol. The van der Waals surface area contributed by atoms with Gasteiger partial charge in [0, 0.05) is 6.42 Å². The lowest BCUT2D eigenvalue weighted by Crippen LogP contribution is -2.31. The number of hydrogen-bond donors (Lipinski definition) is 2. The van der Waals surface area contributed by atoms with Crippen LogP contribution in [0.25, 0.3) is 0 Å². The summed E-state index contributed by atoms with van der Waals surface area (Å²) in [6.07, 6.45) is -0.0840. The molecular weight excluding hydrogens is 420 g/mol. The summed E-state index contributed by atoms with van der Waals surface area (Å²) < 4.78 is 28.5. The SMILES string of the molecule is Cc1ccc(S(=O)(=O)N[C@@H](CC(=O)Nc2cccc(C)c2Cl)c2ccccc2)cc1. The molecule has 3 aromatic rings. The molecule has 1 amide bonds. The number of rotatable bonds is 7. The molecule has 0 aromatic heterocycles. The fraction of sp³-hybridized carbons (Fsp3) is 0.174. The van der Waals surface area contributed by atoms with E-state index in [2.05, 4.69) is 10.0 Å². The van der Waals surface area contributed by atoms with E-state index in [9.17, 15) is 13.2 Å². The highest BCUT2D eigenvalue weighted by Crippen LogP contribution is 2.26. The van der Waals surface area contributed by atoms with Gasteiger partial charge in [0.25, 0.3) is 0 Å². The maximum atomic E-state index is 12.9. The van der Waals surface area contributed by atoms with Crippen molar-refractivity contribution < 1.29 is 13.2 Å². The Morgan fingerprint density at radius 3 is 2.27 bits per heavy atom. The lowest BCUT2D eigenvalue weighted by molar-refractivity contribution is -0.116. The molecule has 0 saturated heterocycles. The molecule has 0 radical (unpaired) electrons. The van der Waals surface area contributed by atoms with E-state index in [1.54, 1.807) is 60.7 Å². The van der Waals surface area contributed by atoms with Crippen molar-refractivity contribution in [3.63, 3.8) is 0 Å². The number of carbonyl (C=O) groups is 1. The van der Waals surface area contributed by atoms with E-state index >= 15 is 0 Å². The molecule has 30 heavy (non-hydrogen) atoms. The van der Waals surface area contributed by atoms with E-state index in [0.717, 1.165) is 11.1 Å². The zero-order chi connectivity index (χ0) is 21.7. The Morgan fingerprint density at radius 1 is 0.933 bits per heavy atom. The van der Waals surface area contributed by atoms with Gasteiger partial charge in [-0.25, -0.2) is 13.1 Å². The van der Waals surface area contributed by atoms with Crippen molar-refractivity contribution in [3.8, 4) is 0 Å². The monoisotopic (exact) mass is 442 g/mol. The van der Waals surface area contributed by atoms with Crippen molar-refractivity contribution >= 4 is 33.2 Å². The third kappa shape index (κ3) is 5.48.